The molecule has 33 heavy (non-hydrogen) atoms. The minimum atomic E-state index is -0.804. The second kappa shape index (κ2) is 12.0. The first kappa shape index (κ1) is 26.6. The van der Waals surface area contributed by atoms with Gasteiger partial charge < -0.3 is 40.6 Å². The number of primary amides is 1. The summed E-state index contributed by atoms with van der Waals surface area (Å²) < 4.78 is 12.4. The Hall–Kier alpha value is -2.63. The Labute approximate surface area is 193 Å². The maximum absolute atomic E-state index is 12.2. The monoisotopic (exact) mass is 468 g/mol. The number of carbonyl (C=O) groups excluding carboxylic acids is 3. The van der Waals surface area contributed by atoms with Gasteiger partial charge in [-0.05, 0) is 33.6 Å². The van der Waals surface area contributed by atoms with Crippen molar-refractivity contribution < 1.29 is 34.1 Å². The molecule has 1 fully saturated rings. The number of ether oxygens (including phenoxy) is 2. The smallest absolute Gasteiger partial charge is 0.407 e. The minimum Gasteiger partial charge on any atom is -0.444 e. The molecule has 1 aromatic rings. The Balaban J connectivity index is 1.73. The Morgan fingerprint density at radius 2 is 1.94 bits per heavy atom. The molecule has 3 atom stereocenters. The molecule has 11 nitrogen and oxygen atoms in total. The van der Waals surface area contributed by atoms with E-state index in [0.717, 1.165) is 12.8 Å². The predicted molar refractivity (Wildman–Crippen MR) is 119 cm³/mol. The molecule has 0 aromatic carbocycles. The fraction of sp³-hybridized carbons (Fsp3) is 0.682. The number of hydrogen-bond donors (Lipinski definition) is 5. The molecular formula is C22H36N4O7. The van der Waals surface area contributed by atoms with Gasteiger partial charge in [0.25, 0.3) is 5.91 Å². The van der Waals surface area contributed by atoms with E-state index in [-0.39, 0.29) is 31.0 Å². The van der Waals surface area contributed by atoms with E-state index in [1.165, 1.54) is 6.20 Å². The van der Waals surface area contributed by atoms with E-state index in [1.54, 1.807) is 31.5 Å². The summed E-state index contributed by atoms with van der Waals surface area (Å²) in [4.78, 5) is 35.5. The first-order chi connectivity index (χ1) is 15.5. The third-order valence-electron chi connectivity index (χ3n) is 5.14. The van der Waals surface area contributed by atoms with Crippen molar-refractivity contribution in [2.45, 2.75) is 83.5 Å². The van der Waals surface area contributed by atoms with Crippen LogP contribution in [0.5, 0.6) is 0 Å². The highest BCUT2D eigenvalue weighted by atomic mass is 16.6. The molecule has 3 amide bonds. The van der Waals surface area contributed by atoms with Gasteiger partial charge in [0, 0.05) is 43.9 Å². The Bertz CT molecular complexity index is 818. The minimum absolute atomic E-state index is 0.128. The second-order valence-electron chi connectivity index (χ2n) is 9.14. The molecular weight excluding hydrogens is 432 g/mol. The predicted octanol–water partition coefficient (Wildman–Crippen LogP) is 0.929. The molecule has 1 saturated heterocycles. The molecule has 186 valence electrons. The maximum atomic E-state index is 12.2. The van der Waals surface area contributed by atoms with Crippen LogP contribution in [-0.4, -0.2) is 63.6 Å². The molecule has 2 heterocycles. The third kappa shape index (κ3) is 8.67. The van der Waals surface area contributed by atoms with Gasteiger partial charge in [-0.2, -0.15) is 0 Å². The zero-order valence-corrected chi connectivity index (χ0v) is 19.5. The number of carbonyl (C=O) groups is 3. The molecule has 0 bridgehead atoms. The summed E-state index contributed by atoms with van der Waals surface area (Å²) in [5, 5.41) is 24.6. The van der Waals surface area contributed by atoms with Gasteiger partial charge in [0.1, 0.15) is 17.9 Å². The van der Waals surface area contributed by atoms with Crippen LogP contribution >= 0.6 is 0 Å². The van der Waals surface area contributed by atoms with Crippen molar-refractivity contribution in [3.05, 3.63) is 23.5 Å². The summed E-state index contributed by atoms with van der Waals surface area (Å²) >= 11 is 0. The molecule has 1 aromatic heterocycles. The third-order valence-corrected chi connectivity index (χ3v) is 5.14. The van der Waals surface area contributed by atoms with Gasteiger partial charge in [0.05, 0.1) is 18.3 Å². The van der Waals surface area contributed by atoms with Crippen molar-refractivity contribution in [3.63, 3.8) is 0 Å². The normalized spacial score (nSPS) is 20.5. The quantitative estimate of drug-likeness (QED) is 0.301. The van der Waals surface area contributed by atoms with Crippen LogP contribution in [0, 0.1) is 0 Å². The molecule has 0 spiro atoms. The van der Waals surface area contributed by atoms with Crippen LogP contribution in [0.2, 0.25) is 0 Å². The van der Waals surface area contributed by atoms with Crippen LogP contribution in [-0.2, 0) is 20.8 Å². The van der Waals surface area contributed by atoms with E-state index in [9.17, 15) is 24.6 Å². The number of unbranched alkanes of at least 4 members (excludes halogenated alkanes) is 2. The van der Waals surface area contributed by atoms with Crippen LogP contribution in [0.1, 0.15) is 75.0 Å². The lowest BCUT2D eigenvalue weighted by Gasteiger charge is -2.19. The average molecular weight is 469 g/mol. The van der Waals surface area contributed by atoms with Crippen LogP contribution in [0.3, 0.4) is 0 Å². The Morgan fingerprint density at radius 3 is 2.55 bits per heavy atom. The number of amides is 3. The first-order valence-electron chi connectivity index (χ1n) is 11.2. The van der Waals surface area contributed by atoms with Crippen LogP contribution in [0.15, 0.2) is 12.4 Å². The van der Waals surface area contributed by atoms with E-state index in [0.29, 0.717) is 24.9 Å². The van der Waals surface area contributed by atoms with Crippen molar-refractivity contribution in [1.82, 2.24) is 15.2 Å². The van der Waals surface area contributed by atoms with Gasteiger partial charge in [0.15, 0.2) is 0 Å². The van der Waals surface area contributed by atoms with E-state index < -0.39 is 36.0 Å². The van der Waals surface area contributed by atoms with Gasteiger partial charge in [0.2, 0.25) is 5.91 Å². The van der Waals surface area contributed by atoms with Crippen LogP contribution in [0.25, 0.3) is 0 Å². The SMILES string of the molecule is CC(C)(C)OC(=O)NCCCCCC(=O)NCc1cn([C@H]2C[C@H](O)[C@@H](CO)O2)cc1C(N)=O. The molecule has 6 N–H and O–H groups in total. The van der Waals surface area contributed by atoms with Crippen LogP contribution in [0.4, 0.5) is 4.79 Å². The number of nitrogens with one attached hydrogen (secondary N) is 2. The number of nitrogens with two attached hydrogens (primary N) is 1. The highest BCUT2D eigenvalue weighted by Gasteiger charge is 2.34. The number of nitrogens with zero attached hydrogens (tertiary/aromatic N) is 1. The number of hydrogen-bond acceptors (Lipinski definition) is 7. The lowest BCUT2D eigenvalue weighted by Crippen LogP contribution is -2.33. The van der Waals surface area contributed by atoms with E-state index in [4.69, 9.17) is 15.2 Å². The molecule has 0 radical (unpaired) electrons. The summed E-state index contributed by atoms with van der Waals surface area (Å²) in [7, 11) is 0. The van der Waals surface area contributed by atoms with Gasteiger partial charge in [-0.3, -0.25) is 9.59 Å². The average Bonchev–Trinajstić information content (AvgIpc) is 3.31. The Morgan fingerprint density at radius 1 is 1.21 bits per heavy atom. The van der Waals surface area contributed by atoms with Gasteiger partial charge >= 0.3 is 6.09 Å². The van der Waals surface area contributed by atoms with Gasteiger partial charge in [-0.15, -0.1) is 0 Å². The summed E-state index contributed by atoms with van der Waals surface area (Å²) in [5.74, 6) is -0.793. The molecule has 11 heteroatoms. The molecule has 1 aliphatic heterocycles. The maximum Gasteiger partial charge on any atom is 0.407 e. The summed E-state index contributed by atoms with van der Waals surface area (Å²) in [6.45, 7) is 5.69. The van der Waals surface area contributed by atoms with E-state index >= 15 is 0 Å². The number of rotatable bonds is 11. The number of alkyl carbamates (subject to hydrolysis) is 1. The molecule has 2 rings (SSSR count). The standard InChI is InChI=1S/C22H36N4O7/c1-22(2,3)33-21(31)24-8-6-4-5-7-18(29)25-10-14-11-26(12-15(14)20(23)30)19-9-16(28)17(13-27)32-19/h11-12,16-17,19,27-28H,4-10,13H2,1-3H3,(H2,23,30)(H,24,31)(H,25,29)/t16-,17+,19+/m0/s1. The summed E-state index contributed by atoms with van der Waals surface area (Å²) in [5.41, 5.74) is 5.73. The highest BCUT2D eigenvalue weighted by molar-refractivity contribution is 5.94. The molecule has 0 aliphatic carbocycles. The number of aliphatic hydroxyl groups is 2. The summed E-state index contributed by atoms with van der Waals surface area (Å²) in [6, 6.07) is 0. The first-order valence-corrected chi connectivity index (χ1v) is 11.2. The van der Waals surface area contributed by atoms with E-state index in [2.05, 4.69) is 10.6 Å². The van der Waals surface area contributed by atoms with Crippen molar-refractivity contribution >= 4 is 17.9 Å². The van der Waals surface area contributed by atoms with Crippen molar-refractivity contribution in [1.29, 1.82) is 0 Å². The topological polar surface area (TPSA) is 165 Å². The van der Waals surface area contributed by atoms with Crippen molar-refractivity contribution in [2.24, 2.45) is 5.73 Å². The number of aliphatic hydroxyl groups excluding tert-OH is 2. The summed E-state index contributed by atoms with van der Waals surface area (Å²) in [6.07, 6.45) is 3.43. The van der Waals surface area contributed by atoms with E-state index in [1.807, 2.05) is 0 Å². The second-order valence-corrected chi connectivity index (χ2v) is 9.14. The zero-order valence-electron chi connectivity index (χ0n) is 19.5. The molecule has 1 aliphatic rings. The van der Waals surface area contributed by atoms with Gasteiger partial charge in [-0.25, -0.2) is 4.79 Å². The lowest BCUT2D eigenvalue weighted by atomic mass is 10.1. The largest absolute Gasteiger partial charge is 0.444 e. The molecule has 0 saturated carbocycles. The highest BCUT2D eigenvalue weighted by Crippen LogP contribution is 2.30. The van der Waals surface area contributed by atoms with Crippen molar-refractivity contribution in [3.8, 4) is 0 Å². The fourth-order valence-corrected chi connectivity index (χ4v) is 3.48. The van der Waals surface area contributed by atoms with Crippen molar-refractivity contribution in [2.75, 3.05) is 13.2 Å². The Kier molecular flexibility index (Phi) is 9.69. The van der Waals surface area contributed by atoms with Gasteiger partial charge in [-0.1, -0.05) is 6.42 Å². The van der Waals surface area contributed by atoms with Crippen LogP contribution < -0.4 is 16.4 Å². The molecule has 0 unspecified atom stereocenters. The zero-order chi connectivity index (χ0) is 24.6. The number of aromatic nitrogens is 1. The fourth-order valence-electron chi connectivity index (χ4n) is 3.48. The lowest BCUT2D eigenvalue weighted by molar-refractivity contribution is -0.121.